The van der Waals surface area contributed by atoms with E-state index in [4.69, 9.17) is 4.74 Å². The van der Waals surface area contributed by atoms with E-state index in [2.05, 4.69) is 6.07 Å². The molecule has 0 amide bonds. The number of hydrogen-bond donors (Lipinski definition) is 0. The maximum absolute atomic E-state index is 10.0. The summed E-state index contributed by atoms with van der Waals surface area (Å²) in [6.45, 7) is 4.13. The van der Waals surface area contributed by atoms with E-state index in [0.717, 1.165) is 23.2 Å². The lowest BCUT2D eigenvalue weighted by Crippen LogP contribution is -1.97. The van der Waals surface area contributed by atoms with E-state index in [-0.39, 0.29) is 6.61 Å². The summed E-state index contributed by atoms with van der Waals surface area (Å²) in [6, 6.07) is 5.89. The van der Waals surface area contributed by atoms with E-state index in [9.17, 15) is 4.79 Å². The average Bonchev–Trinajstić information content (AvgIpc) is 1.99. The molecule has 64 valence electrons. The number of carbonyl (C=O) groups is 1. The van der Waals surface area contributed by atoms with Crippen LogP contribution < -0.4 is 4.74 Å². The van der Waals surface area contributed by atoms with Crippen molar-refractivity contribution < 1.29 is 9.53 Å². The molecule has 2 nitrogen and oxygen atoms in total. The van der Waals surface area contributed by atoms with Gasteiger partial charge in [0.25, 0.3) is 0 Å². The maximum Gasteiger partial charge on any atom is 0.157 e. The molecule has 0 fully saturated rings. The molecule has 2 heteroatoms. The molecule has 0 bridgehead atoms. The number of rotatable bonds is 3. The molecule has 0 saturated carbocycles. The van der Waals surface area contributed by atoms with Crippen LogP contribution in [0.5, 0.6) is 5.75 Å². The predicted molar refractivity (Wildman–Crippen MR) is 47.5 cm³/mol. The predicted octanol–water partition coefficient (Wildman–Crippen LogP) is 1.88. The number of carbonyl (C=O) groups excluding carboxylic acids is 1. The Bertz CT molecular complexity index is 259. The van der Waals surface area contributed by atoms with Crippen molar-refractivity contribution in [3.63, 3.8) is 0 Å². The van der Waals surface area contributed by atoms with Gasteiger partial charge in [-0.1, -0.05) is 6.07 Å². The first-order chi connectivity index (χ1) is 5.72. The van der Waals surface area contributed by atoms with Crippen molar-refractivity contribution >= 4 is 6.29 Å². The van der Waals surface area contributed by atoms with Crippen LogP contribution in [-0.4, -0.2) is 12.9 Å². The molecule has 0 heterocycles. The van der Waals surface area contributed by atoms with Crippen LogP contribution >= 0.6 is 0 Å². The summed E-state index contributed by atoms with van der Waals surface area (Å²) in [5, 5.41) is 0. The molecule has 0 aliphatic rings. The zero-order valence-electron chi connectivity index (χ0n) is 7.33. The Kier molecular flexibility index (Phi) is 2.86. The quantitative estimate of drug-likeness (QED) is 0.637. The Morgan fingerprint density at radius 1 is 1.25 bits per heavy atom. The first kappa shape index (κ1) is 8.78. The van der Waals surface area contributed by atoms with E-state index in [0.29, 0.717) is 0 Å². The molecule has 0 aliphatic heterocycles. The molecule has 0 aliphatic carbocycles. The van der Waals surface area contributed by atoms with Crippen molar-refractivity contribution in [1.29, 1.82) is 0 Å². The van der Waals surface area contributed by atoms with Gasteiger partial charge in [0.1, 0.15) is 12.4 Å². The third kappa shape index (κ3) is 2.38. The van der Waals surface area contributed by atoms with Crippen LogP contribution in [0.1, 0.15) is 11.1 Å². The number of benzene rings is 1. The van der Waals surface area contributed by atoms with E-state index >= 15 is 0 Å². The van der Waals surface area contributed by atoms with Crippen LogP contribution in [0.2, 0.25) is 0 Å². The minimum absolute atomic E-state index is 0.128. The highest BCUT2D eigenvalue weighted by molar-refractivity contribution is 5.51. The second-order valence-corrected chi connectivity index (χ2v) is 2.80. The minimum Gasteiger partial charge on any atom is -0.486 e. The Balaban J connectivity index is 2.78. The van der Waals surface area contributed by atoms with Gasteiger partial charge in [-0.15, -0.1) is 0 Å². The molecule has 1 aromatic rings. The van der Waals surface area contributed by atoms with E-state index in [1.165, 1.54) is 0 Å². The lowest BCUT2D eigenvalue weighted by atomic mass is 10.1. The molecular weight excluding hydrogens is 152 g/mol. The Hall–Kier alpha value is -1.31. The van der Waals surface area contributed by atoms with Crippen LogP contribution in [0.25, 0.3) is 0 Å². The fraction of sp³-hybridized carbons (Fsp3) is 0.300. The van der Waals surface area contributed by atoms with Gasteiger partial charge in [0, 0.05) is 0 Å². The first-order valence-electron chi connectivity index (χ1n) is 3.87. The molecule has 12 heavy (non-hydrogen) atoms. The van der Waals surface area contributed by atoms with Gasteiger partial charge in [-0.05, 0) is 37.1 Å². The largest absolute Gasteiger partial charge is 0.486 e. The molecule has 0 radical (unpaired) electrons. The van der Waals surface area contributed by atoms with Gasteiger partial charge in [0.15, 0.2) is 6.29 Å². The Morgan fingerprint density at radius 3 is 2.33 bits per heavy atom. The van der Waals surface area contributed by atoms with Gasteiger partial charge in [-0.25, -0.2) is 0 Å². The second kappa shape index (κ2) is 3.90. The molecule has 0 spiro atoms. The summed E-state index contributed by atoms with van der Waals surface area (Å²) >= 11 is 0. The van der Waals surface area contributed by atoms with Crippen molar-refractivity contribution in [2.75, 3.05) is 6.61 Å². The van der Waals surface area contributed by atoms with Crippen LogP contribution in [0.4, 0.5) is 0 Å². The number of aryl methyl sites for hydroxylation is 2. The summed E-state index contributed by atoms with van der Waals surface area (Å²) < 4.78 is 5.15. The van der Waals surface area contributed by atoms with Gasteiger partial charge >= 0.3 is 0 Å². The Morgan fingerprint density at radius 2 is 1.83 bits per heavy atom. The third-order valence-corrected chi connectivity index (χ3v) is 1.51. The Labute approximate surface area is 72.2 Å². The molecule has 1 rings (SSSR count). The zero-order valence-corrected chi connectivity index (χ0v) is 7.33. The molecule has 1 aromatic carbocycles. The molecule has 0 unspecified atom stereocenters. The smallest absolute Gasteiger partial charge is 0.157 e. The summed E-state index contributed by atoms with van der Waals surface area (Å²) in [5.74, 6) is 0.764. The van der Waals surface area contributed by atoms with E-state index in [1.807, 2.05) is 26.0 Å². The van der Waals surface area contributed by atoms with E-state index < -0.39 is 0 Å². The lowest BCUT2D eigenvalue weighted by Gasteiger charge is -2.04. The van der Waals surface area contributed by atoms with Crippen molar-refractivity contribution in [2.45, 2.75) is 13.8 Å². The molecule has 0 aromatic heterocycles. The lowest BCUT2D eigenvalue weighted by molar-refractivity contribution is -0.109. The maximum atomic E-state index is 10.0. The van der Waals surface area contributed by atoms with Crippen molar-refractivity contribution in [3.8, 4) is 5.75 Å². The molecule has 0 N–H and O–H groups in total. The molecule has 0 saturated heterocycles. The van der Waals surface area contributed by atoms with E-state index in [1.54, 1.807) is 0 Å². The SMILES string of the molecule is Cc1cc(C)cc(OCC=O)c1. The van der Waals surface area contributed by atoms with Crippen molar-refractivity contribution in [2.24, 2.45) is 0 Å². The minimum atomic E-state index is 0.128. The van der Waals surface area contributed by atoms with Crippen LogP contribution in [-0.2, 0) is 4.79 Å². The summed E-state index contributed by atoms with van der Waals surface area (Å²) in [6.07, 6.45) is 0.748. The summed E-state index contributed by atoms with van der Waals surface area (Å²) in [7, 11) is 0. The van der Waals surface area contributed by atoms with Gasteiger partial charge < -0.3 is 4.74 Å². The monoisotopic (exact) mass is 164 g/mol. The highest BCUT2D eigenvalue weighted by Gasteiger charge is 1.95. The highest BCUT2D eigenvalue weighted by atomic mass is 16.5. The number of hydrogen-bond acceptors (Lipinski definition) is 2. The molecular formula is C10H12O2. The highest BCUT2D eigenvalue weighted by Crippen LogP contribution is 2.15. The number of ether oxygens (including phenoxy) is 1. The van der Waals surface area contributed by atoms with Crippen molar-refractivity contribution in [3.05, 3.63) is 29.3 Å². The van der Waals surface area contributed by atoms with Crippen LogP contribution in [0, 0.1) is 13.8 Å². The fourth-order valence-corrected chi connectivity index (χ4v) is 1.15. The fourth-order valence-electron chi connectivity index (χ4n) is 1.15. The average molecular weight is 164 g/mol. The van der Waals surface area contributed by atoms with Crippen LogP contribution in [0.3, 0.4) is 0 Å². The van der Waals surface area contributed by atoms with Gasteiger partial charge in [-0.3, -0.25) is 4.79 Å². The third-order valence-electron chi connectivity index (χ3n) is 1.51. The standard InChI is InChI=1S/C10H12O2/c1-8-5-9(2)7-10(6-8)12-4-3-11/h3,5-7H,4H2,1-2H3. The van der Waals surface area contributed by atoms with Crippen LogP contribution in [0.15, 0.2) is 18.2 Å². The summed E-state index contributed by atoms with van der Waals surface area (Å²) in [4.78, 5) is 10.0. The van der Waals surface area contributed by atoms with Crippen molar-refractivity contribution in [1.82, 2.24) is 0 Å². The van der Waals surface area contributed by atoms with Gasteiger partial charge in [0.2, 0.25) is 0 Å². The number of aldehydes is 1. The van der Waals surface area contributed by atoms with Gasteiger partial charge in [0.05, 0.1) is 0 Å². The molecule has 0 atom stereocenters. The summed E-state index contributed by atoms with van der Waals surface area (Å²) in [5.41, 5.74) is 2.30. The zero-order chi connectivity index (χ0) is 8.97. The topological polar surface area (TPSA) is 26.3 Å². The first-order valence-corrected chi connectivity index (χ1v) is 3.87. The normalized spacial score (nSPS) is 9.50. The van der Waals surface area contributed by atoms with Gasteiger partial charge in [-0.2, -0.15) is 0 Å². The second-order valence-electron chi connectivity index (χ2n) is 2.80.